The lowest BCUT2D eigenvalue weighted by atomic mass is 9.80. The predicted molar refractivity (Wildman–Crippen MR) is 78.8 cm³/mol. The summed E-state index contributed by atoms with van der Waals surface area (Å²) in [6, 6.07) is 3.96. The van der Waals surface area contributed by atoms with E-state index in [-0.39, 0.29) is 10.8 Å². The molecule has 2 aromatic rings. The van der Waals surface area contributed by atoms with Crippen LogP contribution in [0, 0.1) is 0 Å². The normalized spacial score (nSPS) is 12.7. The van der Waals surface area contributed by atoms with Gasteiger partial charge in [-0.1, -0.05) is 41.5 Å². The van der Waals surface area contributed by atoms with Gasteiger partial charge in [-0.3, -0.25) is 4.98 Å². The van der Waals surface area contributed by atoms with E-state index in [1.165, 1.54) is 5.56 Å². The summed E-state index contributed by atoms with van der Waals surface area (Å²) in [6.07, 6.45) is 5.76. The Bertz CT molecular complexity index is 522. The number of aromatic nitrogens is 3. The van der Waals surface area contributed by atoms with E-state index in [9.17, 15) is 0 Å². The lowest BCUT2D eigenvalue weighted by Gasteiger charge is -2.24. The highest BCUT2D eigenvalue weighted by Gasteiger charge is 2.28. The average molecular weight is 257 g/mol. The predicted octanol–water partition coefficient (Wildman–Crippen LogP) is 3.86. The Hall–Kier alpha value is -1.64. The Kier molecular flexibility index (Phi) is 3.25. The quantitative estimate of drug-likeness (QED) is 0.776. The standard InChI is InChI=1S/C16H23N3/c1-15(2,3)13-11-19(12-8-7-9-17-10-12)18-14(13)16(4,5)6/h7-11H,1-6H3. The molecular formula is C16H23N3. The molecule has 0 unspecified atom stereocenters. The first-order valence-electron chi connectivity index (χ1n) is 6.70. The average Bonchev–Trinajstić information content (AvgIpc) is 2.74. The summed E-state index contributed by atoms with van der Waals surface area (Å²) in [5, 5.41) is 4.79. The smallest absolute Gasteiger partial charge is 0.0828 e. The molecule has 0 aliphatic carbocycles. The lowest BCUT2D eigenvalue weighted by molar-refractivity contribution is 0.518. The summed E-state index contributed by atoms with van der Waals surface area (Å²) >= 11 is 0. The third-order valence-electron chi connectivity index (χ3n) is 3.14. The maximum absolute atomic E-state index is 4.79. The SMILES string of the molecule is CC(C)(C)c1cn(-c2cccnc2)nc1C(C)(C)C. The Morgan fingerprint density at radius 3 is 2.11 bits per heavy atom. The Morgan fingerprint density at radius 2 is 1.68 bits per heavy atom. The van der Waals surface area contributed by atoms with Crippen molar-refractivity contribution in [2.75, 3.05) is 0 Å². The second-order valence-electron chi connectivity index (χ2n) is 7.05. The van der Waals surface area contributed by atoms with Crippen LogP contribution in [-0.4, -0.2) is 14.8 Å². The van der Waals surface area contributed by atoms with Gasteiger partial charge in [0.1, 0.15) is 0 Å². The Morgan fingerprint density at radius 1 is 1.00 bits per heavy atom. The summed E-state index contributed by atoms with van der Waals surface area (Å²) in [7, 11) is 0. The minimum Gasteiger partial charge on any atom is -0.262 e. The minimum absolute atomic E-state index is 0.0378. The third-order valence-corrected chi connectivity index (χ3v) is 3.14. The van der Waals surface area contributed by atoms with E-state index in [1.807, 2.05) is 23.0 Å². The molecule has 0 N–H and O–H groups in total. The summed E-state index contributed by atoms with van der Waals surface area (Å²) in [5.41, 5.74) is 3.58. The summed E-state index contributed by atoms with van der Waals surface area (Å²) in [4.78, 5) is 4.16. The van der Waals surface area contributed by atoms with Gasteiger partial charge in [-0.15, -0.1) is 0 Å². The molecule has 0 amide bonds. The van der Waals surface area contributed by atoms with Gasteiger partial charge in [-0.05, 0) is 23.1 Å². The van der Waals surface area contributed by atoms with Gasteiger partial charge in [0.25, 0.3) is 0 Å². The number of hydrogen-bond acceptors (Lipinski definition) is 2. The maximum Gasteiger partial charge on any atom is 0.0828 e. The topological polar surface area (TPSA) is 30.7 Å². The monoisotopic (exact) mass is 257 g/mol. The minimum atomic E-state index is 0.0378. The molecule has 3 heteroatoms. The molecule has 0 aliphatic rings. The molecule has 2 rings (SSSR count). The molecule has 0 saturated heterocycles. The van der Waals surface area contributed by atoms with Crippen molar-refractivity contribution in [3.63, 3.8) is 0 Å². The van der Waals surface area contributed by atoms with Crippen LogP contribution in [0.5, 0.6) is 0 Å². The molecule has 2 aromatic heterocycles. The van der Waals surface area contributed by atoms with Crippen molar-refractivity contribution >= 4 is 0 Å². The fourth-order valence-electron chi connectivity index (χ4n) is 2.10. The van der Waals surface area contributed by atoms with Crippen LogP contribution in [0.4, 0.5) is 0 Å². The van der Waals surface area contributed by atoms with Crippen LogP contribution in [0.15, 0.2) is 30.7 Å². The highest BCUT2D eigenvalue weighted by atomic mass is 15.3. The van der Waals surface area contributed by atoms with Crippen LogP contribution in [0.3, 0.4) is 0 Å². The van der Waals surface area contributed by atoms with E-state index < -0.39 is 0 Å². The van der Waals surface area contributed by atoms with Gasteiger partial charge in [-0.25, -0.2) is 4.68 Å². The van der Waals surface area contributed by atoms with Crippen LogP contribution in [0.25, 0.3) is 5.69 Å². The Balaban J connectivity index is 2.59. The van der Waals surface area contributed by atoms with E-state index in [0.717, 1.165) is 11.4 Å². The molecule has 0 aliphatic heterocycles. The molecule has 0 aromatic carbocycles. The van der Waals surface area contributed by atoms with Gasteiger partial charge in [0, 0.05) is 17.8 Å². The molecule has 0 atom stereocenters. The van der Waals surface area contributed by atoms with Gasteiger partial charge in [-0.2, -0.15) is 5.10 Å². The molecule has 19 heavy (non-hydrogen) atoms. The fraction of sp³-hybridized carbons (Fsp3) is 0.500. The van der Waals surface area contributed by atoms with E-state index in [2.05, 4.69) is 52.7 Å². The van der Waals surface area contributed by atoms with Crippen molar-refractivity contribution in [2.45, 2.75) is 52.4 Å². The number of nitrogens with zero attached hydrogens (tertiary/aromatic N) is 3. The van der Waals surface area contributed by atoms with Crippen molar-refractivity contribution in [2.24, 2.45) is 0 Å². The van der Waals surface area contributed by atoms with Crippen molar-refractivity contribution < 1.29 is 0 Å². The third kappa shape index (κ3) is 2.86. The second kappa shape index (κ2) is 4.48. The van der Waals surface area contributed by atoms with Gasteiger partial charge in [0.15, 0.2) is 0 Å². The highest BCUT2D eigenvalue weighted by molar-refractivity contribution is 5.35. The summed E-state index contributed by atoms with van der Waals surface area (Å²) in [5.74, 6) is 0. The van der Waals surface area contributed by atoms with E-state index in [1.54, 1.807) is 6.20 Å². The van der Waals surface area contributed by atoms with Gasteiger partial charge >= 0.3 is 0 Å². The highest BCUT2D eigenvalue weighted by Crippen LogP contribution is 2.33. The summed E-state index contributed by atoms with van der Waals surface area (Å²) < 4.78 is 1.94. The van der Waals surface area contributed by atoms with Crippen LogP contribution in [0.1, 0.15) is 52.8 Å². The van der Waals surface area contributed by atoms with Gasteiger partial charge in [0.2, 0.25) is 0 Å². The second-order valence-corrected chi connectivity index (χ2v) is 7.05. The maximum atomic E-state index is 4.79. The lowest BCUT2D eigenvalue weighted by Crippen LogP contribution is -2.20. The number of pyridine rings is 1. The summed E-state index contributed by atoms with van der Waals surface area (Å²) in [6.45, 7) is 13.3. The molecular weight excluding hydrogens is 234 g/mol. The van der Waals surface area contributed by atoms with Crippen molar-refractivity contribution in [3.8, 4) is 5.69 Å². The number of rotatable bonds is 1. The molecule has 0 radical (unpaired) electrons. The molecule has 0 saturated carbocycles. The molecule has 0 spiro atoms. The zero-order valence-corrected chi connectivity index (χ0v) is 12.7. The number of hydrogen-bond donors (Lipinski definition) is 0. The van der Waals surface area contributed by atoms with Gasteiger partial charge in [0.05, 0.1) is 17.6 Å². The van der Waals surface area contributed by atoms with Crippen LogP contribution in [0.2, 0.25) is 0 Å². The van der Waals surface area contributed by atoms with Crippen molar-refractivity contribution in [1.82, 2.24) is 14.8 Å². The van der Waals surface area contributed by atoms with E-state index >= 15 is 0 Å². The first kappa shape index (κ1) is 13.8. The first-order valence-corrected chi connectivity index (χ1v) is 6.70. The van der Waals surface area contributed by atoms with E-state index in [4.69, 9.17) is 5.10 Å². The first-order chi connectivity index (χ1) is 8.69. The molecule has 3 nitrogen and oxygen atoms in total. The molecule has 0 bridgehead atoms. The van der Waals surface area contributed by atoms with Crippen LogP contribution >= 0.6 is 0 Å². The molecule has 102 valence electrons. The zero-order chi connectivity index (χ0) is 14.3. The van der Waals surface area contributed by atoms with Crippen LogP contribution in [-0.2, 0) is 10.8 Å². The largest absolute Gasteiger partial charge is 0.262 e. The van der Waals surface area contributed by atoms with Crippen molar-refractivity contribution in [1.29, 1.82) is 0 Å². The van der Waals surface area contributed by atoms with E-state index in [0.29, 0.717) is 0 Å². The Labute approximate surface area is 115 Å². The zero-order valence-electron chi connectivity index (χ0n) is 12.7. The van der Waals surface area contributed by atoms with Gasteiger partial charge < -0.3 is 0 Å². The van der Waals surface area contributed by atoms with Crippen molar-refractivity contribution in [3.05, 3.63) is 42.0 Å². The molecule has 0 fully saturated rings. The fourth-order valence-corrected chi connectivity index (χ4v) is 2.10. The molecule has 2 heterocycles. The van der Waals surface area contributed by atoms with Crippen LogP contribution < -0.4 is 0 Å².